The van der Waals surface area contributed by atoms with E-state index in [0.29, 0.717) is 0 Å². The number of thiophene rings is 1. The van der Waals surface area contributed by atoms with Crippen molar-refractivity contribution in [3.63, 3.8) is 0 Å². The van der Waals surface area contributed by atoms with Crippen molar-refractivity contribution < 1.29 is 0 Å². The first-order chi connectivity index (χ1) is 27.3. The summed E-state index contributed by atoms with van der Waals surface area (Å²) >= 11 is 1.89. The van der Waals surface area contributed by atoms with Crippen LogP contribution < -0.4 is 4.90 Å². The molecule has 9 aromatic carbocycles. The summed E-state index contributed by atoms with van der Waals surface area (Å²) in [5, 5.41) is 5.17. The van der Waals surface area contributed by atoms with Gasteiger partial charge in [-0.2, -0.15) is 0 Å². The second kappa shape index (κ2) is 12.7. The molecule has 0 aliphatic heterocycles. The molecule has 55 heavy (non-hydrogen) atoms. The molecule has 1 nitrogen and oxygen atoms in total. The summed E-state index contributed by atoms with van der Waals surface area (Å²) in [6.07, 6.45) is 0. The van der Waals surface area contributed by atoms with E-state index >= 15 is 0 Å². The Hall–Kier alpha value is -6.74. The maximum atomic E-state index is 2.43. The molecule has 0 fully saturated rings. The van der Waals surface area contributed by atoms with Crippen LogP contribution in [0.4, 0.5) is 17.1 Å². The Labute approximate surface area is 325 Å². The SMILES string of the molecule is c1ccc(-c2ccc(N(c3cccc(C4(c5ccccc5)c5ccccc5-c5ccccc54)c3)c3ccc4c(ccc5c6ccccc6sc45)c3)cc2)cc1. The summed E-state index contributed by atoms with van der Waals surface area (Å²) in [5.41, 5.74) is 13.0. The lowest BCUT2D eigenvalue weighted by atomic mass is 9.67. The molecular weight excluding hydrogens is 683 g/mol. The Balaban J connectivity index is 1.13. The van der Waals surface area contributed by atoms with Gasteiger partial charge in [0.05, 0.1) is 5.41 Å². The van der Waals surface area contributed by atoms with Gasteiger partial charge in [-0.05, 0) is 97.7 Å². The molecular formula is C53H35NS. The summed E-state index contributed by atoms with van der Waals surface area (Å²) in [5.74, 6) is 0. The first-order valence-electron chi connectivity index (χ1n) is 18.9. The maximum absolute atomic E-state index is 2.43. The molecule has 0 bridgehead atoms. The smallest absolute Gasteiger partial charge is 0.0714 e. The molecule has 0 radical (unpaired) electrons. The van der Waals surface area contributed by atoms with Crippen molar-refractivity contribution >= 4 is 59.3 Å². The molecule has 0 unspecified atom stereocenters. The zero-order valence-corrected chi connectivity index (χ0v) is 30.9. The van der Waals surface area contributed by atoms with E-state index < -0.39 is 5.41 Å². The first kappa shape index (κ1) is 31.8. The van der Waals surface area contributed by atoms with Crippen LogP contribution in [0.5, 0.6) is 0 Å². The molecule has 0 saturated carbocycles. The molecule has 0 amide bonds. The van der Waals surface area contributed by atoms with Gasteiger partial charge in [-0.25, -0.2) is 0 Å². The minimum Gasteiger partial charge on any atom is -0.310 e. The highest BCUT2D eigenvalue weighted by atomic mass is 32.1. The third-order valence-corrected chi connectivity index (χ3v) is 12.8. The highest BCUT2D eigenvalue weighted by Gasteiger charge is 2.46. The third-order valence-electron chi connectivity index (χ3n) is 11.5. The number of benzene rings is 9. The molecule has 2 heteroatoms. The number of hydrogen-bond acceptors (Lipinski definition) is 2. The predicted molar refractivity (Wildman–Crippen MR) is 234 cm³/mol. The lowest BCUT2D eigenvalue weighted by Gasteiger charge is -2.35. The van der Waals surface area contributed by atoms with Crippen molar-refractivity contribution in [2.45, 2.75) is 5.41 Å². The molecule has 258 valence electrons. The molecule has 11 rings (SSSR count). The quantitative estimate of drug-likeness (QED) is 0.166. The predicted octanol–water partition coefficient (Wildman–Crippen LogP) is 14.7. The van der Waals surface area contributed by atoms with Crippen molar-refractivity contribution in [3.05, 3.63) is 235 Å². The third kappa shape index (κ3) is 4.92. The van der Waals surface area contributed by atoms with Gasteiger partial charge >= 0.3 is 0 Å². The van der Waals surface area contributed by atoms with Gasteiger partial charge < -0.3 is 4.90 Å². The van der Waals surface area contributed by atoms with Crippen LogP contribution in [0.25, 0.3) is 53.2 Å². The number of anilines is 3. The fourth-order valence-electron chi connectivity index (χ4n) is 9.11. The number of nitrogens with zero attached hydrogens (tertiary/aromatic N) is 1. The summed E-state index contributed by atoms with van der Waals surface area (Å²) in [6, 6.07) is 78.2. The van der Waals surface area contributed by atoms with E-state index in [1.54, 1.807) is 0 Å². The Kier molecular flexibility index (Phi) is 7.33. The van der Waals surface area contributed by atoms with Crippen LogP contribution in [0.1, 0.15) is 22.3 Å². The Morgan fingerprint density at radius 2 is 0.945 bits per heavy atom. The maximum Gasteiger partial charge on any atom is 0.0714 e. The average Bonchev–Trinajstić information content (AvgIpc) is 3.79. The molecule has 0 atom stereocenters. The van der Waals surface area contributed by atoms with Crippen molar-refractivity contribution in [1.29, 1.82) is 0 Å². The van der Waals surface area contributed by atoms with E-state index in [0.717, 1.165) is 17.1 Å². The monoisotopic (exact) mass is 717 g/mol. The molecule has 0 N–H and O–H groups in total. The van der Waals surface area contributed by atoms with Crippen molar-refractivity contribution in [1.82, 2.24) is 0 Å². The van der Waals surface area contributed by atoms with Crippen LogP contribution in [-0.4, -0.2) is 0 Å². The molecule has 10 aromatic rings. The topological polar surface area (TPSA) is 3.24 Å². The van der Waals surface area contributed by atoms with Gasteiger partial charge in [0.1, 0.15) is 0 Å². The van der Waals surface area contributed by atoms with Crippen LogP contribution in [0.15, 0.2) is 212 Å². The lowest BCUT2D eigenvalue weighted by Crippen LogP contribution is -2.28. The largest absolute Gasteiger partial charge is 0.310 e. The van der Waals surface area contributed by atoms with Crippen LogP contribution >= 0.6 is 11.3 Å². The molecule has 0 saturated heterocycles. The standard InChI is InChI=1S/C53H35NS/c1-3-14-36(15-4-1)37-26-29-41(30-27-37)54(43-31-33-44-38(34-43)28-32-48-47-22-9-12-25-51(47)55-52(44)48)42-19-13-18-40(35-42)53(39-16-5-2-6-17-39)49-23-10-7-20-45(49)46-21-8-11-24-50(46)53/h1-35H. The highest BCUT2D eigenvalue weighted by Crippen LogP contribution is 2.56. The minimum atomic E-state index is -0.483. The Morgan fingerprint density at radius 3 is 1.71 bits per heavy atom. The van der Waals surface area contributed by atoms with Crippen LogP contribution in [0, 0.1) is 0 Å². The highest BCUT2D eigenvalue weighted by molar-refractivity contribution is 7.26. The first-order valence-corrected chi connectivity index (χ1v) is 19.7. The zero-order chi connectivity index (χ0) is 36.3. The lowest BCUT2D eigenvalue weighted by molar-refractivity contribution is 0.768. The van der Waals surface area contributed by atoms with Gasteiger partial charge in [0.15, 0.2) is 0 Å². The fraction of sp³-hybridized carbons (Fsp3) is 0.0189. The van der Waals surface area contributed by atoms with Gasteiger partial charge in [0, 0.05) is 37.2 Å². The Bertz CT molecular complexity index is 2990. The second-order valence-electron chi connectivity index (χ2n) is 14.5. The fourth-order valence-corrected chi connectivity index (χ4v) is 10.3. The van der Waals surface area contributed by atoms with E-state index in [2.05, 4.69) is 217 Å². The Morgan fingerprint density at radius 1 is 0.364 bits per heavy atom. The molecule has 0 spiro atoms. The van der Waals surface area contributed by atoms with Gasteiger partial charge in [0.25, 0.3) is 0 Å². The summed E-state index contributed by atoms with van der Waals surface area (Å²) in [6.45, 7) is 0. The summed E-state index contributed by atoms with van der Waals surface area (Å²) < 4.78 is 2.67. The van der Waals surface area contributed by atoms with E-state index in [1.165, 1.54) is 75.5 Å². The van der Waals surface area contributed by atoms with Gasteiger partial charge in [-0.1, -0.05) is 170 Å². The van der Waals surface area contributed by atoms with Crippen molar-refractivity contribution in [2.24, 2.45) is 0 Å². The zero-order valence-electron chi connectivity index (χ0n) is 30.1. The summed E-state index contributed by atoms with van der Waals surface area (Å²) in [4.78, 5) is 2.43. The average molecular weight is 718 g/mol. The molecule has 1 heterocycles. The van der Waals surface area contributed by atoms with E-state index in [-0.39, 0.29) is 0 Å². The number of hydrogen-bond donors (Lipinski definition) is 0. The minimum absolute atomic E-state index is 0.483. The van der Waals surface area contributed by atoms with Crippen LogP contribution in [0.3, 0.4) is 0 Å². The number of rotatable bonds is 6. The van der Waals surface area contributed by atoms with Crippen molar-refractivity contribution in [2.75, 3.05) is 4.90 Å². The molecule has 1 aromatic heterocycles. The van der Waals surface area contributed by atoms with E-state index in [9.17, 15) is 0 Å². The molecule has 1 aliphatic rings. The number of fused-ring (bicyclic) bond motifs is 8. The second-order valence-corrected chi connectivity index (χ2v) is 15.5. The van der Waals surface area contributed by atoms with Gasteiger partial charge in [-0.3, -0.25) is 0 Å². The van der Waals surface area contributed by atoms with E-state index in [1.807, 2.05) is 11.3 Å². The van der Waals surface area contributed by atoms with Crippen LogP contribution in [-0.2, 0) is 5.41 Å². The normalized spacial score (nSPS) is 12.9. The van der Waals surface area contributed by atoms with E-state index in [4.69, 9.17) is 0 Å². The van der Waals surface area contributed by atoms with Gasteiger partial charge in [-0.15, -0.1) is 11.3 Å². The van der Waals surface area contributed by atoms with Crippen LogP contribution in [0.2, 0.25) is 0 Å². The van der Waals surface area contributed by atoms with Crippen molar-refractivity contribution in [3.8, 4) is 22.3 Å². The summed E-state index contributed by atoms with van der Waals surface area (Å²) in [7, 11) is 0. The molecule has 1 aliphatic carbocycles. The van der Waals surface area contributed by atoms with Gasteiger partial charge in [0.2, 0.25) is 0 Å².